The van der Waals surface area contributed by atoms with Crippen molar-refractivity contribution in [2.24, 2.45) is 0 Å². The summed E-state index contributed by atoms with van der Waals surface area (Å²) in [6.07, 6.45) is 8.36. The summed E-state index contributed by atoms with van der Waals surface area (Å²) in [5.74, 6) is 0.101. The van der Waals surface area contributed by atoms with Crippen molar-refractivity contribution in [3.63, 3.8) is 0 Å². The number of hydrogen-bond donors (Lipinski definition) is 1. The maximum absolute atomic E-state index is 12.9. The van der Waals surface area contributed by atoms with Gasteiger partial charge in [-0.1, -0.05) is 43.5 Å². The van der Waals surface area contributed by atoms with E-state index in [1.165, 1.54) is 28.9 Å². The standard InChI is InChI=1S/C21H29N3O/c1-23(19-12-8-10-17-9-4-5-11-18(17)19)15-20(25)24(2)21(16-22)13-6-3-7-14-21/h4-5,9,11,19H,3,6-8,10,12-15H2,1-2H3/p+1/t19-/m1/s1. The molecular formula is C21H30N3O+. The number of carbonyl (C=O) groups is 1. The molecule has 0 aliphatic heterocycles. The lowest BCUT2D eigenvalue weighted by Gasteiger charge is -2.39. The summed E-state index contributed by atoms with van der Waals surface area (Å²) in [7, 11) is 3.96. The Morgan fingerprint density at radius 3 is 2.72 bits per heavy atom. The molecule has 0 spiro atoms. The van der Waals surface area contributed by atoms with E-state index in [1.54, 1.807) is 4.90 Å². The predicted octanol–water partition coefficient (Wildman–Crippen LogP) is 2.26. The van der Waals surface area contributed by atoms with Crippen molar-refractivity contribution in [2.75, 3.05) is 20.6 Å². The molecule has 2 aliphatic carbocycles. The summed E-state index contributed by atoms with van der Waals surface area (Å²) >= 11 is 0. The van der Waals surface area contributed by atoms with Crippen LogP contribution in [-0.2, 0) is 11.2 Å². The van der Waals surface area contributed by atoms with Crippen molar-refractivity contribution in [1.82, 2.24) is 4.90 Å². The van der Waals surface area contributed by atoms with Gasteiger partial charge in [0.25, 0.3) is 5.91 Å². The minimum atomic E-state index is -0.583. The molecule has 0 radical (unpaired) electrons. The normalized spacial score (nSPS) is 23.2. The van der Waals surface area contributed by atoms with Crippen LogP contribution in [0, 0.1) is 11.3 Å². The van der Waals surface area contributed by atoms with Gasteiger partial charge in [-0.25, -0.2) is 0 Å². The summed E-state index contributed by atoms with van der Waals surface area (Å²) in [6.45, 7) is 0.457. The molecule has 4 heteroatoms. The van der Waals surface area contributed by atoms with E-state index in [9.17, 15) is 10.1 Å². The molecule has 25 heavy (non-hydrogen) atoms. The van der Waals surface area contributed by atoms with Crippen LogP contribution >= 0.6 is 0 Å². The minimum Gasteiger partial charge on any atom is -0.323 e. The predicted molar refractivity (Wildman–Crippen MR) is 98.1 cm³/mol. The van der Waals surface area contributed by atoms with Gasteiger partial charge in [0.05, 0.1) is 13.1 Å². The Bertz CT molecular complexity index is 657. The van der Waals surface area contributed by atoms with E-state index in [0.717, 1.165) is 38.5 Å². The van der Waals surface area contributed by atoms with Crippen LogP contribution in [0.25, 0.3) is 0 Å². The van der Waals surface area contributed by atoms with Crippen LogP contribution in [0.2, 0.25) is 0 Å². The van der Waals surface area contributed by atoms with Crippen LogP contribution in [0.4, 0.5) is 0 Å². The Labute approximate surface area is 151 Å². The van der Waals surface area contributed by atoms with Crippen LogP contribution < -0.4 is 4.90 Å². The Hall–Kier alpha value is -1.86. The number of hydrogen-bond acceptors (Lipinski definition) is 2. The summed E-state index contributed by atoms with van der Waals surface area (Å²) in [6, 6.07) is 11.5. The molecule has 4 nitrogen and oxygen atoms in total. The zero-order valence-electron chi connectivity index (χ0n) is 15.6. The second kappa shape index (κ2) is 7.58. The fourth-order valence-corrected chi connectivity index (χ4v) is 4.64. The number of nitrogens with zero attached hydrogens (tertiary/aromatic N) is 2. The van der Waals surface area contributed by atoms with E-state index >= 15 is 0 Å². The average Bonchev–Trinajstić information content (AvgIpc) is 2.67. The molecule has 134 valence electrons. The first-order valence-electron chi connectivity index (χ1n) is 9.65. The molecule has 2 atom stereocenters. The van der Waals surface area contributed by atoms with Gasteiger partial charge in [-0.3, -0.25) is 4.79 Å². The summed E-state index contributed by atoms with van der Waals surface area (Å²) in [5, 5.41) is 9.72. The first-order valence-corrected chi connectivity index (χ1v) is 9.65. The number of benzene rings is 1. The highest BCUT2D eigenvalue weighted by molar-refractivity contribution is 5.78. The first kappa shape index (κ1) is 17.9. The highest BCUT2D eigenvalue weighted by atomic mass is 16.2. The Morgan fingerprint density at radius 1 is 1.28 bits per heavy atom. The molecule has 1 N–H and O–H groups in total. The number of nitrogens with one attached hydrogen (secondary N) is 1. The molecule has 1 saturated carbocycles. The highest BCUT2D eigenvalue weighted by Gasteiger charge is 2.40. The smallest absolute Gasteiger partial charge is 0.278 e. The maximum atomic E-state index is 12.9. The van der Waals surface area contributed by atoms with Crippen LogP contribution in [0.5, 0.6) is 0 Å². The zero-order chi connectivity index (χ0) is 17.9. The van der Waals surface area contributed by atoms with Crippen LogP contribution in [0.15, 0.2) is 24.3 Å². The van der Waals surface area contributed by atoms with E-state index in [0.29, 0.717) is 12.6 Å². The molecule has 3 rings (SSSR count). The van der Waals surface area contributed by atoms with E-state index < -0.39 is 5.54 Å². The van der Waals surface area contributed by atoms with Crippen molar-refractivity contribution in [1.29, 1.82) is 5.26 Å². The third-order valence-corrected chi connectivity index (χ3v) is 6.30. The molecule has 0 aromatic heterocycles. The third-order valence-electron chi connectivity index (χ3n) is 6.30. The van der Waals surface area contributed by atoms with E-state index in [2.05, 4.69) is 37.4 Å². The van der Waals surface area contributed by atoms with Gasteiger partial charge in [-0.15, -0.1) is 0 Å². The number of quaternary nitrogens is 1. The number of nitriles is 1. The summed E-state index contributed by atoms with van der Waals surface area (Å²) in [4.78, 5) is 15.9. The molecule has 0 saturated heterocycles. The number of rotatable bonds is 4. The monoisotopic (exact) mass is 340 g/mol. The quantitative estimate of drug-likeness (QED) is 0.914. The number of likely N-dealkylation sites (N-methyl/N-ethyl adjacent to an activating group) is 2. The lowest BCUT2D eigenvalue weighted by Crippen LogP contribution is -3.10. The molecule has 1 aromatic carbocycles. The van der Waals surface area contributed by atoms with Crippen molar-refractivity contribution < 1.29 is 9.69 Å². The second-order valence-corrected chi connectivity index (χ2v) is 7.82. The molecular weight excluding hydrogens is 310 g/mol. The molecule has 1 fully saturated rings. The number of carbonyl (C=O) groups excluding carboxylic acids is 1. The van der Waals surface area contributed by atoms with Gasteiger partial charge >= 0.3 is 0 Å². The largest absolute Gasteiger partial charge is 0.323 e. The lowest BCUT2D eigenvalue weighted by molar-refractivity contribution is -0.905. The van der Waals surface area contributed by atoms with Crippen LogP contribution in [0.3, 0.4) is 0 Å². The van der Waals surface area contributed by atoms with Crippen molar-refractivity contribution >= 4 is 5.91 Å². The van der Waals surface area contributed by atoms with Gasteiger partial charge in [-0.2, -0.15) is 5.26 Å². The van der Waals surface area contributed by atoms with Crippen molar-refractivity contribution in [2.45, 2.75) is 62.9 Å². The number of fused-ring (bicyclic) bond motifs is 1. The molecule has 1 aromatic rings. The van der Waals surface area contributed by atoms with Crippen molar-refractivity contribution in [3.8, 4) is 6.07 Å². The molecule has 0 heterocycles. The SMILES string of the molecule is CN(C(=O)C[NH+](C)[C@@H]1CCCc2ccccc21)C1(C#N)CCCCC1. The highest BCUT2D eigenvalue weighted by Crippen LogP contribution is 2.32. The Morgan fingerprint density at radius 2 is 2.00 bits per heavy atom. The van der Waals surface area contributed by atoms with Gasteiger partial charge in [0.1, 0.15) is 11.6 Å². The Kier molecular flexibility index (Phi) is 5.44. The fourth-order valence-electron chi connectivity index (χ4n) is 4.64. The van der Waals surface area contributed by atoms with Gasteiger partial charge in [-0.05, 0) is 31.2 Å². The maximum Gasteiger partial charge on any atom is 0.278 e. The Balaban J connectivity index is 1.70. The van der Waals surface area contributed by atoms with Gasteiger partial charge in [0, 0.05) is 19.0 Å². The van der Waals surface area contributed by atoms with E-state index in [4.69, 9.17) is 0 Å². The number of aryl methyl sites for hydroxylation is 1. The van der Waals surface area contributed by atoms with Crippen LogP contribution in [0.1, 0.15) is 62.1 Å². The van der Waals surface area contributed by atoms with Crippen LogP contribution in [-0.4, -0.2) is 37.0 Å². The minimum absolute atomic E-state index is 0.101. The number of amides is 1. The molecule has 0 bridgehead atoms. The molecule has 1 amide bonds. The second-order valence-electron chi connectivity index (χ2n) is 7.82. The van der Waals surface area contributed by atoms with E-state index in [1.807, 2.05) is 7.05 Å². The zero-order valence-corrected chi connectivity index (χ0v) is 15.6. The third kappa shape index (κ3) is 3.57. The fraction of sp³-hybridized carbons (Fsp3) is 0.619. The van der Waals surface area contributed by atoms with Gasteiger partial charge in [0.15, 0.2) is 6.54 Å². The summed E-state index contributed by atoms with van der Waals surface area (Å²) < 4.78 is 0. The van der Waals surface area contributed by atoms with E-state index in [-0.39, 0.29) is 5.91 Å². The molecule has 2 aliphatic rings. The van der Waals surface area contributed by atoms with Gasteiger partial charge < -0.3 is 9.80 Å². The topological polar surface area (TPSA) is 48.5 Å². The summed E-state index contributed by atoms with van der Waals surface area (Å²) in [5.41, 5.74) is 2.24. The van der Waals surface area contributed by atoms with Crippen molar-refractivity contribution in [3.05, 3.63) is 35.4 Å². The average molecular weight is 340 g/mol. The molecule has 1 unspecified atom stereocenters. The lowest BCUT2D eigenvalue weighted by atomic mass is 9.81. The first-order chi connectivity index (χ1) is 12.1. The van der Waals surface area contributed by atoms with Gasteiger partial charge in [0.2, 0.25) is 0 Å².